The Morgan fingerprint density at radius 3 is 2.80 bits per heavy atom. The van der Waals surface area contributed by atoms with Gasteiger partial charge in [-0.05, 0) is 31.0 Å². The summed E-state index contributed by atoms with van der Waals surface area (Å²) in [6, 6.07) is 8.73. The maximum atomic E-state index is 10.8. The molecule has 3 N–H and O–H groups in total. The van der Waals surface area contributed by atoms with Crippen molar-refractivity contribution in [1.82, 2.24) is 4.57 Å². The number of nitrogens with two attached hydrogens (primary N) is 1. The quantitative estimate of drug-likeness (QED) is 0.870. The molecule has 0 bridgehead atoms. The zero-order chi connectivity index (χ0) is 14.7. The van der Waals surface area contributed by atoms with Gasteiger partial charge in [-0.3, -0.25) is 4.79 Å². The average molecular weight is 274 g/mol. The number of carboxylic acids is 1. The van der Waals surface area contributed by atoms with Crippen molar-refractivity contribution in [2.75, 3.05) is 7.11 Å². The first-order valence-electron chi connectivity index (χ1n) is 6.32. The third kappa shape index (κ3) is 3.00. The molecule has 1 atom stereocenters. The van der Waals surface area contributed by atoms with Gasteiger partial charge < -0.3 is 20.1 Å². The Hall–Kier alpha value is -2.27. The number of aliphatic carboxylic acids is 1. The number of nitrogens with zero attached hydrogens (tertiary/aromatic N) is 1. The normalized spacial score (nSPS) is 12.2. The van der Waals surface area contributed by atoms with Gasteiger partial charge in [0, 0.05) is 17.4 Å². The standard InChI is InChI=1S/C15H18N2O3/c1-10-6-13(20-2)9-17(10)12-5-3-4-11(7-12)8-14(16)15(18)19/h3-7,9,14H,8,16H2,1-2H3,(H,18,19)/t14-/m0/s1. The highest BCUT2D eigenvalue weighted by molar-refractivity contribution is 5.73. The van der Waals surface area contributed by atoms with Crippen LogP contribution in [-0.4, -0.2) is 28.8 Å². The number of hydrogen-bond acceptors (Lipinski definition) is 3. The van der Waals surface area contributed by atoms with E-state index in [2.05, 4.69) is 0 Å². The molecule has 1 heterocycles. The van der Waals surface area contributed by atoms with Crippen LogP contribution < -0.4 is 10.5 Å². The average Bonchev–Trinajstić information content (AvgIpc) is 2.80. The molecule has 1 aromatic heterocycles. The van der Waals surface area contributed by atoms with E-state index >= 15 is 0 Å². The second-order valence-corrected chi connectivity index (χ2v) is 4.71. The second kappa shape index (κ2) is 5.79. The lowest BCUT2D eigenvalue weighted by Crippen LogP contribution is -2.32. The molecule has 0 amide bonds. The first-order valence-corrected chi connectivity index (χ1v) is 6.32. The Labute approximate surface area is 117 Å². The summed E-state index contributed by atoms with van der Waals surface area (Å²) in [4.78, 5) is 10.8. The number of benzene rings is 1. The van der Waals surface area contributed by atoms with E-state index in [0.717, 1.165) is 22.7 Å². The fourth-order valence-corrected chi connectivity index (χ4v) is 2.11. The summed E-state index contributed by atoms with van der Waals surface area (Å²) in [7, 11) is 1.63. The maximum absolute atomic E-state index is 10.8. The molecular weight excluding hydrogens is 256 g/mol. The van der Waals surface area contributed by atoms with Crippen molar-refractivity contribution in [2.24, 2.45) is 5.73 Å². The van der Waals surface area contributed by atoms with Crippen LogP contribution in [0.5, 0.6) is 5.75 Å². The Morgan fingerprint density at radius 1 is 1.45 bits per heavy atom. The predicted octanol–water partition coefficient (Wildman–Crippen LogP) is 1.75. The van der Waals surface area contributed by atoms with E-state index in [1.54, 1.807) is 7.11 Å². The van der Waals surface area contributed by atoms with Crippen LogP contribution in [0.4, 0.5) is 0 Å². The number of rotatable bonds is 5. The van der Waals surface area contributed by atoms with Gasteiger partial charge in [-0.2, -0.15) is 0 Å². The Bertz CT molecular complexity index is 619. The fourth-order valence-electron chi connectivity index (χ4n) is 2.11. The first kappa shape index (κ1) is 14.1. The van der Waals surface area contributed by atoms with Crippen LogP contribution in [0.25, 0.3) is 5.69 Å². The summed E-state index contributed by atoms with van der Waals surface area (Å²) in [5.41, 5.74) is 8.46. The third-order valence-corrected chi connectivity index (χ3v) is 3.18. The van der Waals surface area contributed by atoms with E-state index in [1.807, 2.05) is 48.0 Å². The summed E-state index contributed by atoms with van der Waals surface area (Å²) in [6.07, 6.45) is 2.20. The van der Waals surface area contributed by atoms with E-state index < -0.39 is 12.0 Å². The van der Waals surface area contributed by atoms with Gasteiger partial charge in [0.05, 0.1) is 13.3 Å². The summed E-state index contributed by atoms with van der Waals surface area (Å²) in [5, 5.41) is 8.86. The highest BCUT2D eigenvalue weighted by atomic mass is 16.5. The molecule has 0 saturated heterocycles. The number of aromatic nitrogens is 1. The number of carboxylic acid groups (broad SMARTS) is 1. The number of hydrogen-bond donors (Lipinski definition) is 2. The van der Waals surface area contributed by atoms with Crippen molar-refractivity contribution in [3.8, 4) is 11.4 Å². The Morgan fingerprint density at radius 2 is 2.20 bits per heavy atom. The van der Waals surface area contributed by atoms with Gasteiger partial charge in [0.1, 0.15) is 11.8 Å². The minimum Gasteiger partial charge on any atom is -0.495 e. The molecule has 0 aliphatic carbocycles. The monoisotopic (exact) mass is 274 g/mol. The fraction of sp³-hybridized carbons (Fsp3) is 0.267. The molecule has 0 unspecified atom stereocenters. The minimum atomic E-state index is -0.991. The summed E-state index contributed by atoms with van der Waals surface area (Å²) in [6.45, 7) is 1.98. The number of ether oxygens (including phenoxy) is 1. The smallest absolute Gasteiger partial charge is 0.320 e. The second-order valence-electron chi connectivity index (χ2n) is 4.71. The van der Waals surface area contributed by atoms with Crippen LogP contribution in [-0.2, 0) is 11.2 Å². The molecule has 0 saturated carbocycles. The van der Waals surface area contributed by atoms with E-state index in [0.29, 0.717) is 6.42 Å². The molecule has 20 heavy (non-hydrogen) atoms. The molecule has 5 nitrogen and oxygen atoms in total. The molecule has 5 heteroatoms. The van der Waals surface area contributed by atoms with Gasteiger partial charge in [0.2, 0.25) is 0 Å². The number of aryl methyl sites for hydroxylation is 1. The summed E-state index contributed by atoms with van der Waals surface area (Å²) >= 11 is 0. The van der Waals surface area contributed by atoms with Gasteiger partial charge in [-0.25, -0.2) is 0 Å². The van der Waals surface area contributed by atoms with Crippen LogP contribution >= 0.6 is 0 Å². The third-order valence-electron chi connectivity index (χ3n) is 3.18. The Balaban J connectivity index is 2.29. The van der Waals surface area contributed by atoms with Crippen LogP contribution in [0.15, 0.2) is 36.5 Å². The molecule has 106 valence electrons. The van der Waals surface area contributed by atoms with Crippen molar-refractivity contribution >= 4 is 5.97 Å². The van der Waals surface area contributed by atoms with E-state index in [9.17, 15) is 4.79 Å². The summed E-state index contributed by atoms with van der Waals surface area (Å²) < 4.78 is 7.20. The van der Waals surface area contributed by atoms with Gasteiger partial charge in [-0.15, -0.1) is 0 Å². The van der Waals surface area contributed by atoms with Crippen LogP contribution in [0, 0.1) is 6.92 Å². The van der Waals surface area contributed by atoms with Crippen LogP contribution in [0.3, 0.4) is 0 Å². The van der Waals surface area contributed by atoms with Crippen molar-refractivity contribution < 1.29 is 14.6 Å². The predicted molar refractivity (Wildman–Crippen MR) is 76.4 cm³/mol. The van der Waals surface area contributed by atoms with Crippen LogP contribution in [0.2, 0.25) is 0 Å². The molecule has 1 aromatic carbocycles. The minimum absolute atomic E-state index is 0.306. The summed E-state index contributed by atoms with van der Waals surface area (Å²) in [5.74, 6) is -0.204. The lowest BCUT2D eigenvalue weighted by Gasteiger charge is -2.10. The van der Waals surface area contributed by atoms with E-state index in [4.69, 9.17) is 15.6 Å². The van der Waals surface area contributed by atoms with Gasteiger partial charge in [-0.1, -0.05) is 12.1 Å². The zero-order valence-electron chi connectivity index (χ0n) is 11.5. The van der Waals surface area contributed by atoms with E-state index in [-0.39, 0.29) is 0 Å². The van der Waals surface area contributed by atoms with Crippen LogP contribution in [0.1, 0.15) is 11.3 Å². The maximum Gasteiger partial charge on any atom is 0.320 e. The number of methoxy groups -OCH3 is 1. The highest BCUT2D eigenvalue weighted by Gasteiger charge is 2.12. The lowest BCUT2D eigenvalue weighted by molar-refractivity contribution is -0.138. The molecule has 0 fully saturated rings. The molecule has 2 aromatic rings. The van der Waals surface area contributed by atoms with Crippen molar-refractivity contribution in [3.05, 3.63) is 47.8 Å². The Kier molecular flexibility index (Phi) is 4.10. The molecule has 0 aliphatic rings. The first-order chi connectivity index (χ1) is 9.51. The van der Waals surface area contributed by atoms with Crippen molar-refractivity contribution in [1.29, 1.82) is 0 Å². The largest absolute Gasteiger partial charge is 0.495 e. The van der Waals surface area contributed by atoms with E-state index in [1.165, 1.54) is 0 Å². The topological polar surface area (TPSA) is 77.5 Å². The molecule has 0 radical (unpaired) electrons. The SMILES string of the molecule is COc1cc(C)n(-c2cccc(C[C@H](N)C(=O)O)c2)c1. The molecule has 0 spiro atoms. The zero-order valence-corrected chi connectivity index (χ0v) is 11.5. The van der Waals surface area contributed by atoms with Crippen molar-refractivity contribution in [3.63, 3.8) is 0 Å². The molecule has 2 rings (SSSR count). The van der Waals surface area contributed by atoms with Crippen molar-refractivity contribution in [2.45, 2.75) is 19.4 Å². The molecular formula is C15H18N2O3. The van der Waals surface area contributed by atoms with Gasteiger partial charge in [0.15, 0.2) is 0 Å². The lowest BCUT2D eigenvalue weighted by atomic mass is 10.1. The number of carbonyl (C=O) groups is 1. The highest BCUT2D eigenvalue weighted by Crippen LogP contribution is 2.21. The van der Waals surface area contributed by atoms with Gasteiger partial charge in [0.25, 0.3) is 0 Å². The molecule has 0 aliphatic heterocycles. The van der Waals surface area contributed by atoms with Gasteiger partial charge >= 0.3 is 5.97 Å².